The molecule has 0 aliphatic carbocycles. The average molecular weight is 263 g/mol. The van der Waals surface area contributed by atoms with Gasteiger partial charge in [-0.2, -0.15) is 0 Å². The van der Waals surface area contributed by atoms with Crippen molar-refractivity contribution < 1.29 is 14.3 Å². The summed E-state index contributed by atoms with van der Waals surface area (Å²) in [5.74, 6) is 1.51. The van der Waals surface area contributed by atoms with Crippen molar-refractivity contribution in [3.8, 4) is 11.5 Å². The van der Waals surface area contributed by atoms with E-state index in [2.05, 4.69) is 5.32 Å². The van der Waals surface area contributed by atoms with Crippen LogP contribution in [0.1, 0.15) is 11.6 Å². The van der Waals surface area contributed by atoms with Gasteiger partial charge in [0, 0.05) is 19.6 Å². The first-order valence-electron chi connectivity index (χ1n) is 6.43. The van der Waals surface area contributed by atoms with E-state index >= 15 is 0 Å². The molecule has 0 radical (unpaired) electrons. The van der Waals surface area contributed by atoms with Crippen LogP contribution in [-0.4, -0.2) is 43.8 Å². The van der Waals surface area contributed by atoms with E-state index in [9.17, 15) is 4.79 Å². The molecule has 2 heterocycles. The molecule has 0 bridgehead atoms. The Morgan fingerprint density at radius 2 is 2.11 bits per heavy atom. The van der Waals surface area contributed by atoms with Gasteiger partial charge in [-0.05, 0) is 17.7 Å². The fourth-order valence-electron chi connectivity index (χ4n) is 2.50. The minimum absolute atomic E-state index is 0.00637. The molecule has 1 fully saturated rings. The van der Waals surface area contributed by atoms with E-state index in [1.54, 1.807) is 4.90 Å². The second-order valence-electron chi connectivity index (χ2n) is 4.59. The number of fused-ring (bicyclic) bond motifs is 1. The van der Waals surface area contributed by atoms with Crippen molar-refractivity contribution in [3.63, 3.8) is 0 Å². The molecule has 102 valence electrons. The number of carbonyl (C=O) groups excluding carboxylic acids is 1. The van der Waals surface area contributed by atoms with Crippen LogP contribution in [0.3, 0.4) is 0 Å². The Hall–Kier alpha value is -1.95. The van der Waals surface area contributed by atoms with E-state index in [-0.39, 0.29) is 12.1 Å². The first-order valence-corrected chi connectivity index (χ1v) is 6.43. The third-order valence-electron chi connectivity index (χ3n) is 3.40. The van der Waals surface area contributed by atoms with Gasteiger partial charge in [0.2, 0.25) is 0 Å². The number of nitrogens with two attached hydrogens (primary N) is 1. The van der Waals surface area contributed by atoms with Crippen LogP contribution in [0.2, 0.25) is 0 Å². The van der Waals surface area contributed by atoms with Crippen LogP contribution in [0.25, 0.3) is 0 Å². The van der Waals surface area contributed by atoms with Crippen LogP contribution >= 0.6 is 0 Å². The van der Waals surface area contributed by atoms with Gasteiger partial charge in [-0.25, -0.2) is 4.79 Å². The summed E-state index contributed by atoms with van der Waals surface area (Å²) in [5.41, 5.74) is 6.59. The van der Waals surface area contributed by atoms with Gasteiger partial charge < -0.3 is 25.4 Å². The minimum atomic E-state index is -0.0645. The van der Waals surface area contributed by atoms with Crippen molar-refractivity contribution in [2.75, 3.05) is 32.8 Å². The summed E-state index contributed by atoms with van der Waals surface area (Å²) >= 11 is 0. The molecule has 2 aliphatic rings. The summed E-state index contributed by atoms with van der Waals surface area (Å²) in [6.45, 7) is 2.73. The topological polar surface area (TPSA) is 76.8 Å². The molecule has 3 rings (SSSR count). The molecule has 1 saturated heterocycles. The smallest absolute Gasteiger partial charge is 0.318 e. The Bertz CT molecular complexity index is 492. The van der Waals surface area contributed by atoms with Crippen molar-refractivity contribution in [2.45, 2.75) is 6.04 Å². The van der Waals surface area contributed by atoms with Crippen molar-refractivity contribution in [1.82, 2.24) is 10.2 Å². The maximum absolute atomic E-state index is 11.7. The normalized spacial score (nSPS) is 21.4. The number of benzene rings is 1. The van der Waals surface area contributed by atoms with Gasteiger partial charge in [0.25, 0.3) is 0 Å². The molecule has 2 aliphatic heterocycles. The van der Waals surface area contributed by atoms with E-state index < -0.39 is 0 Å². The van der Waals surface area contributed by atoms with E-state index in [0.29, 0.717) is 32.8 Å². The fraction of sp³-hybridized carbons (Fsp3) is 0.462. The fourth-order valence-corrected chi connectivity index (χ4v) is 2.50. The second kappa shape index (κ2) is 4.97. The molecule has 19 heavy (non-hydrogen) atoms. The predicted octanol–water partition coefficient (Wildman–Crippen LogP) is 0.483. The quantitative estimate of drug-likeness (QED) is 0.831. The zero-order chi connectivity index (χ0) is 13.2. The van der Waals surface area contributed by atoms with Gasteiger partial charge in [-0.15, -0.1) is 0 Å². The lowest BCUT2D eigenvalue weighted by Gasteiger charge is -2.25. The van der Waals surface area contributed by atoms with Gasteiger partial charge in [0.15, 0.2) is 11.5 Å². The number of carbonyl (C=O) groups is 1. The molecular formula is C13H17N3O3. The molecule has 6 nitrogen and oxygen atoms in total. The van der Waals surface area contributed by atoms with Crippen LogP contribution in [0.15, 0.2) is 18.2 Å². The summed E-state index contributed by atoms with van der Waals surface area (Å²) in [5, 5.41) is 2.84. The lowest BCUT2D eigenvalue weighted by Crippen LogP contribution is -2.34. The van der Waals surface area contributed by atoms with Gasteiger partial charge in [-0.1, -0.05) is 6.07 Å². The molecule has 0 aromatic heterocycles. The average Bonchev–Trinajstić information content (AvgIpc) is 2.80. The van der Waals surface area contributed by atoms with Crippen LogP contribution in [0.5, 0.6) is 11.5 Å². The van der Waals surface area contributed by atoms with Crippen LogP contribution in [0, 0.1) is 0 Å². The third-order valence-corrected chi connectivity index (χ3v) is 3.40. The molecular weight excluding hydrogens is 246 g/mol. The number of urea groups is 1. The number of hydrogen-bond acceptors (Lipinski definition) is 4. The highest BCUT2D eigenvalue weighted by molar-refractivity contribution is 5.77. The van der Waals surface area contributed by atoms with Gasteiger partial charge in [0.05, 0.1) is 6.04 Å². The SMILES string of the molecule is NCCN1C(=O)NCC1c1ccc2c(c1)OCCO2. The van der Waals surface area contributed by atoms with Crippen LogP contribution in [0.4, 0.5) is 4.79 Å². The lowest BCUT2D eigenvalue weighted by atomic mass is 10.1. The standard InChI is InChI=1S/C13H17N3O3/c14-3-4-16-10(8-15-13(16)17)9-1-2-11-12(7-9)19-6-5-18-11/h1-2,7,10H,3-6,8,14H2,(H,15,17). The Morgan fingerprint density at radius 3 is 2.89 bits per heavy atom. The number of amides is 2. The molecule has 6 heteroatoms. The van der Waals surface area contributed by atoms with Gasteiger partial charge in [0.1, 0.15) is 13.2 Å². The van der Waals surface area contributed by atoms with Crippen LogP contribution in [-0.2, 0) is 0 Å². The van der Waals surface area contributed by atoms with E-state index in [0.717, 1.165) is 17.1 Å². The summed E-state index contributed by atoms with van der Waals surface area (Å²) in [6.07, 6.45) is 0. The van der Waals surface area contributed by atoms with Crippen molar-refractivity contribution in [1.29, 1.82) is 0 Å². The second-order valence-corrected chi connectivity index (χ2v) is 4.59. The highest BCUT2D eigenvalue weighted by Crippen LogP contribution is 2.34. The lowest BCUT2D eigenvalue weighted by molar-refractivity contribution is 0.170. The molecule has 1 atom stereocenters. The highest BCUT2D eigenvalue weighted by Gasteiger charge is 2.31. The Kier molecular flexibility index (Phi) is 3.16. The van der Waals surface area contributed by atoms with Crippen molar-refractivity contribution in [3.05, 3.63) is 23.8 Å². The summed E-state index contributed by atoms with van der Waals surface area (Å²) in [7, 11) is 0. The Balaban J connectivity index is 1.87. The first-order chi connectivity index (χ1) is 9.29. The maximum atomic E-state index is 11.7. The Labute approximate surface area is 111 Å². The first kappa shape index (κ1) is 12.1. The molecule has 1 aromatic carbocycles. The zero-order valence-corrected chi connectivity index (χ0v) is 10.6. The number of nitrogens with one attached hydrogen (secondary N) is 1. The third kappa shape index (κ3) is 2.19. The van der Waals surface area contributed by atoms with Crippen LogP contribution < -0.4 is 20.5 Å². The minimum Gasteiger partial charge on any atom is -0.486 e. The van der Waals surface area contributed by atoms with Gasteiger partial charge >= 0.3 is 6.03 Å². The molecule has 2 amide bonds. The molecule has 0 spiro atoms. The van der Waals surface area contributed by atoms with Crippen molar-refractivity contribution >= 4 is 6.03 Å². The predicted molar refractivity (Wildman–Crippen MR) is 69.3 cm³/mol. The monoisotopic (exact) mass is 263 g/mol. The van der Waals surface area contributed by atoms with E-state index in [4.69, 9.17) is 15.2 Å². The Morgan fingerprint density at radius 1 is 1.32 bits per heavy atom. The molecule has 3 N–H and O–H groups in total. The van der Waals surface area contributed by atoms with E-state index in [1.165, 1.54) is 0 Å². The molecule has 0 saturated carbocycles. The zero-order valence-electron chi connectivity index (χ0n) is 10.6. The summed E-state index contributed by atoms with van der Waals surface area (Å²) in [6, 6.07) is 5.76. The van der Waals surface area contributed by atoms with Gasteiger partial charge in [-0.3, -0.25) is 0 Å². The number of hydrogen-bond donors (Lipinski definition) is 2. The molecule has 1 aromatic rings. The number of rotatable bonds is 3. The van der Waals surface area contributed by atoms with E-state index in [1.807, 2.05) is 18.2 Å². The number of nitrogens with zero attached hydrogens (tertiary/aromatic N) is 1. The number of ether oxygens (including phenoxy) is 2. The molecule has 1 unspecified atom stereocenters. The highest BCUT2D eigenvalue weighted by atomic mass is 16.6. The van der Waals surface area contributed by atoms with Crippen molar-refractivity contribution in [2.24, 2.45) is 5.73 Å². The summed E-state index contributed by atoms with van der Waals surface area (Å²) in [4.78, 5) is 13.5. The largest absolute Gasteiger partial charge is 0.486 e. The maximum Gasteiger partial charge on any atom is 0.318 e. The summed E-state index contributed by atoms with van der Waals surface area (Å²) < 4.78 is 11.1.